The molecule has 2 fully saturated rings. The van der Waals surface area contributed by atoms with Crippen LogP contribution in [0.1, 0.15) is 42.5 Å². The van der Waals surface area contributed by atoms with Crippen LogP contribution in [-0.2, 0) is 28.4 Å². The maximum atomic E-state index is 6.46. The van der Waals surface area contributed by atoms with Crippen LogP contribution in [-0.4, -0.2) is 64.4 Å². The average Bonchev–Trinajstić information content (AvgIpc) is 2.61. The van der Waals surface area contributed by atoms with Crippen LogP contribution >= 0.6 is 0 Å². The third-order valence-electron chi connectivity index (χ3n) is 6.16. The highest BCUT2D eigenvalue weighted by atomic mass is 19.0. The Bertz CT molecular complexity index is 418. The lowest BCUT2D eigenvalue weighted by Gasteiger charge is -2.48. The first-order valence-electron chi connectivity index (χ1n) is 9.44. The van der Waals surface area contributed by atoms with Crippen molar-refractivity contribution in [3.63, 3.8) is 0 Å². The molecule has 10 unspecified atom stereocenters. The zero-order valence-corrected chi connectivity index (χ0v) is 17.3. The van der Waals surface area contributed by atoms with Crippen LogP contribution in [0.2, 0.25) is 0 Å². The van der Waals surface area contributed by atoms with Crippen LogP contribution in [0.3, 0.4) is 0 Å². The molecule has 158 valence electrons. The fourth-order valence-electron chi connectivity index (χ4n) is 4.13. The minimum absolute atomic E-state index is 0. The second-order valence-corrected chi connectivity index (χ2v) is 7.48. The second kappa shape index (κ2) is 10.3. The van der Waals surface area contributed by atoms with Crippen LogP contribution in [0.4, 0.5) is 4.70 Å². The lowest BCUT2D eigenvalue weighted by atomic mass is 9.83. The molecular weight excluding hydrogens is 343 g/mol. The molecule has 0 saturated carbocycles. The topological polar surface area (TPSA) is 55.4 Å². The Balaban J connectivity index is 0.00000338. The maximum Gasteiger partial charge on any atom is 0.184 e. The summed E-state index contributed by atoms with van der Waals surface area (Å²) in [6, 6.07) is 0. The Labute approximate surface area is 158 Å². The summed E-state index contributed by atoms with van der Waals surface area (Å²) < 4.78 is 35.5. The van der Waals surface area contributed by atoms with Crippen molar-refractivity contribution in [2.45, 2.75) is 84.1 Å². The van der Waals surface area contributed by atoms with Crippen molar-refractivity contribution in [3.05, 3.63) is 0 Å². The first-order chi connectivity index (χ1) is 11.9. The van der Waals surface area contributed by atoms with E-state index in [0.29, 0.717) is 11.8 Å². The Morgan fingerprint density at radius 2 is 1.31 bits per heavy atom. The van der Waals surface area contributed by atoms with Crippen molar-refractivity contribution in [2.24, 2.45) is 17.8 Å². The first-order valence-corrected chi connectivity index (χ1v) is 9.44. The minimum Gasteiger partial charge on any atom is -0.376 e. The Morgan fingerprint density at radius 1 is 0.731 bits per heavy atom. The molecule has 0 radical (unpaired) electrons. The van der Waals surface area contributed by atoms with Crippen LogP contribution in [0.15, 0.2) is 0 Å². The summed E-state index contributed by atoms with van der Waals surface area (Å²) >= 11 is 0. The third-order valence-corrected chi connectivity index (χ3v) is 6.16. The van der Waals surface area contributed by atoms with E-state index >= 15 is 0 Å². The molecule has 0 aromatic heterocycles. The fraction of sp³-hybridized carbons (Fsp3) is 1.00. The lowest BCUT2D eigenvalue weighted by molar-refractivity contribution is -0.339. The van der Waals surface area contributed by atoms with Gasteiger partial charge in [0.15, 0.2) is 12.6 Å². The average molecular weight is 383 g/mol. The standard InChI is InChI=1S/C19H36O6.FH.H2/c1-9-14-15(12(4)17(21-7)18(22-8)24-14)25-19-16(20-6)11(3)10(2)13(5)23-19;;/h10-19H,9H2,1-8H3;2*1H. The number of hydrogen-bond donors (Lipinski definition) is 0. The Hall–Kier alpha value is -0.310. The van der Waals surface area contributed by atoms with Crippen LogP contribution in [0.25, 0.3) is 0 Å². The van der Waals surface area contributed by atoms with Crippen molar-refractivity contribution in [1.29, 1.82) is 0 Å². The van der Waals surface area contributed by atoms with Gasteiger partial charge >= 0.3 is 0 Å². The van der Waals surface area contributed by atoms with E-state index in [1.165, 1.54) is 0 Å². The van der Waals surface area contributed by atoms with Crippen molar-refractivity contribution >= 4 is 0 Å². The summed E-state index contributed by atoms with van der Waals surface area (Å²) in [7, 11) is 5.05. The zero-order valence-electron chi connectivity index (χ0n) is 17.3. The molecule has 26 heavy (non-hydrogen) atoms. The van der Waals surface area contributed by atoms with Gasteiger partial charge in [0.25, 0.3) is 0 Å². The molecule has 0 N–H and O–H groups in total. The molecule has 2 heterocycles. The molecule has 2 saturated heterocycles. The highest BCUT2D eigenvalue weighted by Gasteiger charge is 2.48. The fourth-order valence-corrected chi connectivity index (χ4v) is 4.13. The predicted molar refractivity (Wildman–Crippen MR) is 98.9 cm³/mol. The summed E-state index contributed by atoms with van der Waals surface area (Å²) in [5, 5.41) is 0. The smallest absolute Gasteiger partial charge is 0.184 e. The van der Waals surface area contributed by atoms with Gasteiger partial charge in [0.05, 0.1) is 18.3 Å². The van der Waals surface area contributed by atoms with E-state index in [-0.39, 0.29) is 48.9 Å². The minimum atomic E-state index is -0.409. The second-order valence-electron chi connectivity index (χ2n) is 7.48. The summed E-state index contributed by atoms with van der Waals surface area (Å²) in [5.74, 6) is 0.875. The molecule has 0 spiro atoms. The first kappa shape index (κ1) is 23.7. The summed E-state index contributed by atoms with van der Waals surface area (Å²) in [5.41, 5.74) is 0. The molecule has 10 atom stereocenters. The number of methoxy groups -OCH3 is 3. The van der Waals surface area contributed by atoms with Crippen LogP contribution in [0.5, 0.6) is 0 Å². The van der Waals surface area contributed by atoms with Crippen molar-refractivity contribution in [1.82, 2.24) is 0 Å². The maximum absolute atomic E-state index is 6.46. The summed E-state index contributed by atoms with van der Waals surface area (Å²) in [6.45, 7) is 10.7. The van der Waals surface area contributed by atoms with E-state index in [2.05, 4.69) is 34.6 Å². The zero-order chi connectivity index (χ0) is 18.7. The highest BCUT2D eigenvalue weighted by Crippen LogP contribution is 2.37. The Morgan fingerprint density at radius 3 is 1.81 bits per heavy atom. The molecule has 0 aliphatic carbocycles. The van der Waals surface area contributed by atoms with Gasteiger partial charge in [0.2, 0.25) is 0 Å². The van der Waals surface area contributed by atoms with E-state index in [4.69, 9.17) is 28.4 Å². The molecule has 7 heteroatoms. The normalized spacial score (nSPS) is 46.6. The molecule has 0 aromatic carbocycles. The van der Waals surface area contributed by atoms with E-state index in [1.807, 2.05) is 0 Å². The quantitative estimate of drug-likeness (QED) is 0.703. The largest absolute Gasteiger partial charge is 0.376 e. The van der Waals surface area contributed by atoms with Crippen molar-refractivity contribution in [2.75, 3.05) is 21.3 Å². The molecule has 2 aliphatic heterocycles. The van der Waals surface area contributed by atoms with Crippen LogP contribution < -0.4 is 0 Å². The predicted octanol–water partition coefficient (Wildman–Crippen LogP) is 3.23. The van der Waals surface area contributed by atoms with Gasteiger partial charge in [-0.25, -0.2) is 0 Å². The van der Waals surface area contributed by atoms with E-state index in [9.17, 15) is 0 Å². The van der Waals surface area contributed by atoms with Crippen LogP contribution in [0, 0.1) is 17.8 Å². The van der Waals surface area contributed by atoms with E-state index < -0.39 is 6.29 Å². The van der Waals surface area contributed by atoms with Gasteiger partial charge in [-0.15, -0.1) is 0 Å². The lowest BCUT2D eigenvalue weighted by Crippen LogP contribution is -2.59. The molecule has 6 nitrogen and oxygen atoms in total. The van der Waals surface area contributed by atoms with Gasteiger partial charge in [-0.05, 0) is 25.2 Å². The monoisotopic (exact) mass is 382 g/mol. The highest BCUT2D eigenvalue weighted by molar-refractivity contribution is 4.91. The van der Waals surface area contributed by atoms with Gasteiger partial charge in [-0.1, -0.05) is 27.7 Å². The molecule has 2 rings (SSSR count). The number of hydrogen-bond acceptors (Lipinski definition) is 6. The van der Waals surface area contributed by atoms with Crippen molar-refractivity contribution in [3.8, 4) is 0 Å². The SMILES string of the molecule is CCC1OC(OC)C(OC)C(C)C1OC1OC(C)C(C)C(C)C1OC.F.[HH]. The number of ether oxygens (including phenoxy) is 6. The third kappa shape index (κ3) is 4.56. The van der Waals surface area contributed by atoms with Crippen molar-refractivity contribution < 1.29 is 34.6 Å². The van der Waals surface area contributed by atoms with Gasteiger partial charge in [0.1, 0.15) is 12.2 Å². The number of rotatable bonds is 6. The number of halogens is 1. The molecule has 0 aromatic rings. The van der Waals surface area contributed by atoms with Gasteiger partial charge < -0.3 is 28.4 Å². The summed E-state index contributed by atoms with van der Waals surface area (Å²) in [4.78, 5) is 0. The van der Waals surface area contributed by atoms with Gasteiger partial charge in [-0.2, -0.15) is 0 Å². The molecule has 2 aliphatic rings. The molecular formula is C19H39FO6. The van der Waals surface area contributed by atoms with Gasteiger partial charge in [-0.3, -0.25) is 4.70 Å². The van der Waals surface area contributed by atoms with E-state index in [1.54, 1.807) is 21.3 Å². The van der Waals surface area contributed by atoms with Gasteiger partial charge in [0, 0.05) is 28.7 Å². The van der Waals surface area contributed by atoms with E-state index in [0.717, 1.165) is 6.42 Å². The Kier molecular flexibility index (Phi) is 9.39. The molecule has 0 bridgehead atoms. The molecule has 0 amide bonds. The summed E-state index contributed by atoms with van der Waals surface area (Å²) in [6.07, 6.45) is -0.336.